The van der Waals surface area contributed by atoms with Crippen LogP contribution >= 0.6 is 0 Å². The molecule has 0 fully saturated rings. The number of ether oxygens (including phenoxy) is 1. The highest BCUT2D eigenvalue weighted by Gasteiger charge is 2.06. The van der Waals surface area contributed by atoms with Gasteiger partial charge in [-0.05, 0) is 54.7 Å². The minimum Gasteiger partial charge on any atom is -0.457 e. The van der Waals surface area contributed by atoms with Crippen LogP contribution in [-0.4, -0.2) is 5.78 Å². The van der Waals surface area contributed by atoms with Gasteiger partial charge in [-0.2, -0.15) is 0 Å². The van der Waals surface area contributed by atoms with Crippen molar-refractivity contribution in [2.75, 3.05) is 0 Å². The van der Waals surface area contributed by atoms with E-state index >= 15 is 0 Å². The predicted octanol–water partition coefficient (Wildman–Crippen LogP) is 6.00. The number of Topliss-reactive ketones (excluding diaryl/α,β-unsaturated/α-hetero) is 1. The highest BCUT2D eigenvalue weighted by molar-refractivity contribution is 5.80. The van der Waals surface area contributed by atoms with Crippen LogP contribution in [0.15, 0.2) is 84.9 Å². The first-order valence-corrected chi connectivity index (χ1v) is 9.17. The minimum absolute atomic E-state index is 0.287. The summed E-state index contributed by atoms with van der Waals surface area (Å²) in [6, 6.07) is 27.9. The summed E-state index contributed by atoms with van der Waals surface area (Å²) < 4.78 is 5.84. The fourth-order valence-electron chi connectivity index (χ4n) is 2.96. The fraction of sp³-hybridized carbons (Fsp3) is 0.208. The molecule has 26 heavy (non-hydrogen) atoms. The van der Waals surface area contributed by atoms with E-state index in [2.05, 4.69) is 24.3 Å². The Labute approximate surface area is 155 Å². The Morgan fingerprint density at radius 1 is 0.692 bits per heavy atom. The lowest BCUT2D eigenvalue weighted by Gasteiger charge is -2.07. The van der Waals surface area contributed by atoms with Crippen molar-refractivity contribution in [1.82, 2.24) is 0 Å². The molecule has 0 bridgehead atoms. The number of para-hydroxylation sites is 1. The van der Waals surface area contributed by atoms with Crippen molar-refractivity contribution in [2.24, 2.45) is 0 Å². The van der Waals surface area contributed by atoms with Crippen molar-refractivity contribution in [1.29, 1.82) is 0 Å². The topological polar surface area (TPSA) is 26.3 Å². The van der Waals surface area contributed by atoms with Crippen molar-refractivity contribution in [3.63, 3.8) is 0 Å². The van der Waals surface area contributed by atoms with Crippen molar-refractivity contribution in [2.45, 2.75) is 32.1 Å². The lowest BCUT2D eigenvalue weighted by molar-refractivity contribution is -0.118. The normalized spacial score (nSPS) is 10.5. The van der Waals surface area contributed by atoms with E-state index in [9.17, 15) is 4.79 Å². The van der Waals surface area contributed by atoms with Crippen LogP contribution in [0, 0.1) is 0 Å². The smallest absolute Gasteiger partial charge is 0.137 e. The Balaban J connectivity index is 1.44. The Morgan fingerprint density at radius 2 is 1.35 bits per heavy atom. The molecule has 3 rings (SSSR count). The zero-order valence-corrected chi connectivity index (χ0v) is 14.9. The molecule has 0 spiro atoms. The van der Waals surface area contributed by atoms with Gasteiger partial charge in [0.05, 0.1) is 0 Å². The highest BCUT2D eigenvalue weighted by atomic mass is 16.5. The van der Waals surface area contributed by atoms with Crippen LogP contribution < -0.4 is 4.74 Å². The second kappa shape index (κ2) is 9.57. The van der Waals surface area contributed by atoms with Crippen LogP contribution in [0.1, 0.15) is 30.4 Å². The van der Waals surface area contributed by atoms with Crippen LogP contribution in [0.5, 0.6) is 11.5 Å². The van der Waals surface area contributed by atoms with Crippen LogP contribution in [-0.2, 0) is 17.6 Å². The van der Waals surface area contributed by atoms with Gasteiger partial charge in [-0.3, -0.25) is 4.79 Å². The van der Waals surface area contributed by atoms with Gasteiger partial charge in [0.15, 0.2) is 0 Å². The highest BCUT2D eigenvalue weighted by Crippen LogP contribution is 2.22. The lowest BCUT2D eigenvalue weighted by Crippen LogP contribution is -2.03. The first-order chi connectivity index (χ1) is 12.8. The van der Waals surface area contributed by atoms with Crippen LogP contribution in [0.4, 0.5) is 0 Å². The van der Waals surface area contributed by atoms with E-state index in [1.165, 1.54) is 5.56 Å². The summed E-state index contributed by atoms with van der Waals surface area (Å²) in [6.07, 6.45) is 4.13. The molecule has 0 aliphatic carbocycles. The second-order valence-electron chi connectivity index (χ2n) is 6.47. The summed E-state index contributed by atoms with van der Waals surface area (Å²) >= 11 is 0. The molecule has 0 N–H and O–H groups in total. The summed E-state index contributed by atoms with van der Waals surface area (Å²) in [5.74, 6) is 1.86. The molecule has 0 aliphatic rings. The number of hydrogen-bond donors (Lipinski definition) is 0. The van der Waals surface area contributed by atoms with Gasteiger partial charge in [-0.1, -0.05) is 60.7 Å². The van der Waals surface area contributed by atoms with E-state index < -0.39 is 0 Å². The standard InChI is InChI=1S/C24H24O2/c25-22(14-8-7-12-20-10-3-1-4-11-20)18-21-13-9-17-24(19-21)26-23-15-5-2-6-16-23/h1-6,9-11,13,15-17,19H,7-8,12,14,18H2. The molecule has 2 nitrogen and oxygen atoms in total. The maximum Gasteiger partial charge on any atom is 0.137 e. The van der Waals surface area contributed by atoms with E-state index in [0.29, 0.717) is 12.8 Å². The number of aryl methyl sites for hydroxylation is 1. The molecule has 0 atom stereocenters. The van der Waals surface area contributed by atoms with Gasteiger partial charge >= 0.3 is 0 Å². The lowest BCUT2D eigenvalue weighted by atomic mass is 10.0. The molecular weight excluding hydrogens is 320 g/mol. The summed E-state index contributed by atoms with van der Waals surface area (Å²) in [6.45, 7) is 0. The molecule has 0 aromatic heterocycles. The van der Waals surface area contributed by atoms with Crippen molar-refractivity contribution >= 4 is 5.78 Å². The molecule has 0 saturated heterocycles. The molecule has 0 amide bonds. The van der Waals surface area contributed by atoms with Gasteiger partial charge in [0.25, 0.3) is 0 Å². The fourth-order valence-corrected chi connectivity index (χ4v) is 2.96. The number of carbonyl (C=O) groups excluding carboxylic acids is 1. The zero-order chi connectivity index (χ0) is 18.0. The van der Waals surface area contributed by atoms with Crippen LogP contribution in [0.2, 0.25) is 0 Å². The third kappa shape index (κ3) is 5.89. The minimum atomic E-state index is 0.287. The maximum absolute atomic E-state index is 12.3. The van der Waals surface area contributed by atoms with Crippen molar-refractivity contribution in [3.05, 3.63) is 96.1 Å². The summed E-state index contributed by atoms with van der Waals surface area (Å²) in [4.78, 5) is 12.3. The molecule has 0 aliphatic heterocycles. The van der Waals surface area contributed by atoms with Gasteiger partial charge < -0.3 is 4.74 Å². The molecule has 3 aromatic rings. The van der Waals surface area contributed by atoms with Crippen LogP contribution in [0.3, 0.4) is 0 Å². The quantitative estimate of drug-likeness (QED) is 0.445. The Bertz CT molecular complexity index is 810. The Hall–Kier alpha value is -2.87. The monoisotopic (exact) mass is 344 g/mol. The molecular formula is C24H24O2. The van der Waals surface area contributed by atoms with Gasteiger partial charge in [-0.25, -0.2) is 0 Å². The summed E-state index contributed by atoms with van der Waals surface area (Å²) in [5.41, 5.74) is 2.34. The van der Waals surface area contributed by atoms with E-state index in [1.807, 2.05) is 60.7 Å². The molecule has 0 heterocycles. The molecule has 0 unspecified atom stereocenters. The third-order valence-corrected chi connectivity index (χ3v) is 4.29. The zero-order valence-electron chi connectivity index (χ0n) is 14.9. The summed E-state index contributed by atoms with van der Waals surface area (Å²) in [5, 5.41) is 0. The first-order valence-electron chi connectivity index (χ1n) is 9.17. The SMILES string of the molecule is O=C(CCCCc1ccccc1)Cc1cccc(Oc2ccccc2)c1. The predicted molar refractivity (Wildman–Crippen MR) is 106 cm³/mol. The van der Waals surface area contributed by atoms with Gasteiger partial charge in [0, 0.05) is 12.8 Å². The van der Waals surface area contributed by atoms with E-state index in [0.717, 1.165) is 36.3 Å². The number of carbonyl (C=O) groups is 1. The first kappa shape index (κ1) is 17.9. The van der Waals surface area contributed by atoms with E-state index in [4.69, 9.17) is 4.74 Å². The van der Waals surface area contributed by atoms with E-state index in [1.54, 1.807) is 0 Å². The summed E-state index contributed by atoms with van der Waals surface area (Å²) in [7, 11) is 0. The average molecular weight is 344 g/mol. The number of hydrogen-bond acceptors (Lipinski definition) is 2. The van der Waals surface area contributed by atoms with Crippen molar-refractivity contribution in [3.8, 4) is 11.5 Å². The Morgan fingerprint density at radius 3 is 2.12 bits per heavy atom. The number of rotatable bonds is 9. The van der Waals surface area contributed by atoms with Gasteiger partial charge in [0.1, 0.15) is 17.3 Å². The van der Waals surface area contributed by atoms with Crippen molar-refractivity contribution < 1.29 is 9.53 Å². The largest absolute Gasteiger partial charge is 0.457 e. The van der Waals surface area contributed by atoms with Crippen LogP contribution in [0.25, 0.3) is 0 Å². The number of ketones is 1. The van der Waals surface area contributed by atoms with Gasteiger partial charge in [-0.15, -0.1) is 0 Å². The third-order valence-electron chi connectivity index (χ3n) is 4.29. The molecule has 2 heteroatoms. The molecule has 3 aromatic carbocycles. The second-order valence-corrected chi connectivity index (χ2v) is 6.47. The average Bonchev–Trinajstić information content (AvgIpc) is 2.67. The maximum atomic E-state index is 12.3. The molecule has 0 radical (unpaired) electrons. The Kier molecular flexibility index (Phi) is 6.60. The molecule has 132 valence electrons. The van der Waals surface area contributed by atoms with E-state index in [-0.39, 0.29) is 5.78 Å². The number of unbranched alkanes of at least 4 members (excludes halogenated alkanes) is 1. The molecule has 0 saturated carbocycles. The van der Waals surface area contributed by atoms with Gasteiger partial charge in [0.2, 0.25) is 0 Å². The number of benzene rings is 3.